The standard InChI is InChI=1S/C15H20N2O2S2/c1-11-9-12(6-7-13(11)16)21(18,19)17-10-15(2,3)14-5-4-8-20-14/h4-9,17H,10,16H2,1-3H3. The molecule has 0 unspecified atom stereocenters. The van der Waals surface area contributed by atoms with Crippen LogP contribution >= 0.6 is 11.3 Å². The number of nitrogens with one attached hydrogen (secondary N) is 1. The summed E-state index contributed by atoms with van der Waals surface area (Å²) < 4.78 is 27.4. The Morgan fingerprint density at radius 2 is 2.00 bits per heavy atom. The Morgan fingerprint density at radius 1 is 1.29 bits per heavy atom. The van der Waals surface area contributed by atoms with Crippen LogP contribution in [0.2, 0.25) is 0 Å². The fourth-order valence-corrected chi connectivity index (χ4v) is 4.07. The summed E-state index contributed by atoms with van der Waals surface area (Å²) in [6.07, 6.45) is 0. The lowest BCUT2D eigenvalue weighted by Gasteiger charge is -2.23. The van der Waals surface area contributed by atoms with Gasteiger partial charge >= 0.3 is 0 Å². The van der Waals surface area contributed by atoms with Gasteiger partial charge in [0.1, 0.15) is 0 Å². The lowest BCUT2D eigenvalue weighted by Crippen LogP contribution is -2.36. The van der Waals surface area contributed by atoms with Gasteiger partial charge in [-0.15, -0.1) is 11.3 Å². The van der Waals surface area contributed by atoms with Gasteiger partial charge in [0.25, 0.3) is 0 Å². The van der Waals surface area contributed by atoms with Crippen molar-refractivity contribution in [1.82, 2.24) is 4.72 Å². The molecule has 2 aromatic rings. The molecule has 0 aliphatic rings. The van der Waals surface area contributed by atoms with Gasteiger partial charge in [-0.25, -0.2) is 13.1 Å². The molecule has 0 aliphatic heterocycles. The van der Waals surface area contributed by atoms with E-state index in [4.69, 9.17) is 5.73 Å². The predicted octanol–water partition coefficient (Wildman–Crippen LogP) is 2.89. The second-order valence-electron chi connectivity index (χ2n) is 5.70. The summed E-state index contributed by atoms with van der Waals surface area (Å²) in [6, 6.07) is 8.73. The Labute approximate surface area is 130 Å². The molecule has 0 saturated carbocycles. The number of sulfonamides is 1. The number of aryl methyl sites for hydroxylation is 1. The van der Waals surface area contributed by atoms with E-state index in [1.807, 2.05) is 31.4 Å². The number of hydrogen-bond acceptors (Lipinski definition) is 4. The van der Waals surface area contributed by atoms with Crippen LogP contribution in [0.5, 0.6) is 0 Å². The molecule has 0 atom stereocenters. The second kappa shape index (κ2) is 5.79. The SMILES string of the molecule is Cc1cc(S(=O)(=O)NCC(C)(C)c2cccs2)ccc1N. The minimum atomic E-state index is -3.52. The summed E-state index contributed by atoms with van der Waals surface area (Å²) in [5, 5.41) is 1.99. The first-order valence-electron chi connectivity index (χ1n) is 6.62. The van der Waals surface area contributed by atoms with Crippen molar-refractivity contribution in [2.45, 2.75) is 31.1 Å². The highest BCUT2D eigenvalue weighted by Gasteiger charge is 2.25. The van der Waals surface area contributed by atoms with Crippen LogP contribution in [-0.4, -0.2) is 15.0 Å². The Hall–Kier alpha value is -1.37. The summed E-state index contributed by atoms with van der Waals surface area (Å²) in [6.45, 7) is 6.19. The number of nitrogens with two attached hydrogens (primary N) is 1. The highest BCUT2D eigenvalue weighted by molar-refractivity contribution is 7.89. The fraction of sp³-hybridized carbons (Fsp3) is 0.333. The van der Waals surface area contributed by atoms with E-state index in [1.54, 1.807) is 30.4 Å². The van der Waals surface area contributed by atoms with E-state index in [9.17, 15) is 8.42 Å². The Kier molecular flexibility index (Phi) is 4.41. The van der Waals surface area contributed by atoms with Crippen LogP contribution in [0.25, 0.3) is 0 Å². The van der Waals surface area contributed by atoms with Gasteiger partial charge in [-0.2, -0.15) is 0 Å². The maximum Gasteiger partial charge on any atom is 0.240 e. The van der Waals surface area contributed by atoms with Gasteiger partial charge in [-0.05, 0) is 42.1 Å². The molecular formula is C15H20N2O2S2. The van der Waals surface area contributed by atoms with E-state index in [1.165, 1.54) is 6.07 Å². The molecule has 0 bridgehead atoms. The van der Waals surface area contributed by atoms with Crippen molar-refractivity contribution in [3.63, 3.8) is 0 Å². The largest absolute Gasteiger partial charge is 0.399 e. The van der Waals surface area contributed by atoms with E-state index >= 15 is 0 Å². The van der Waals surface area contributed by atoms with Crippen molar-refractivity contribution < 1.29 is 8.42 Å². The predicted molar refractivity (Wildman–Crippen MR) is 88.1 cm³/mol. The number of benzene rings is 1. The molecule has 6 heteroatoms. The smallest absolute Gasteiger partial charge is 0.240 e. The topological polar surface area (TPSA) is 72.2 Å². The highest BCUT2D eigenvalue weighted by atomic mass is 32.2. The monoisotopic (exact) mass is 324 g/mol. The van der Waals surface area contributed by atoms with Crippen molar-refractivity contribution in [3.05, 3.63) is 46.2 Å². The van der Waals surface area contributed by atoms with Crippen LogP contribution in [0.4, 0.5) is 5.69 Å². The van der Waals surface area contributed by atoms with Crippen LogP contribution in [-0.2, 0) is 15.4 Å². The third-order valence-electron chi connectivity index (χ3n) is 3.44. The molecule has 1 aromatic carbocycles. The Bertz CT molecular complexity index is 720. The molecule has 0 aliphatic carbocycles. The van der Waals surface area contributed by atoms with E-state index in [0.29, 0.717) is 12.2 Å². The van der Waals surface area contributed by atoms with Gasteiger partial charge in [0.05, 0.1) is 4.90 Å². The van der Waals surface area contributed by atoms with E-state index < -0.39 is 10.0 Å². The number of thiophene rings is 1. The zero-order valence-corrected chi connectivity index (χ0v) is 14.0. The fourth-order valence-electron chi connectivity index (χ4n) is 1.92. The van der Waals surface area contributed by atoms with Crippen LogP contribution in [0.15, 0.2) is 40.6 Å². The van der Waals surface area contributed by atoms with E-state index in [-0.39, 0.29) is 10.3 Å². The first kappa shape index (κ1) is 16.0. The van der Waals surface area contributed by atoms with Crippen molar-refractivity contribution in [1.29, 1.82) is 0 Å². The van der Waals surface area contributed by atoms with Crippen LogP contribution in [0.1, 0.15) is 24.3 Å². The molecule has 114 valence electrons. The maximum absolute atomic E-state index is 12.4. The van der Waals surface area contributed by atoms with Gasteiger partial charge in [0, 0.05) is 22.5 Å². The quantitative estimate of drug-likeness (QED) is 0.831. The average Bonchev–Trinajstić information content (AvgIpc) is 2.94. The third kappa shape index (κ3) is 3.64. The molecule has 2 rings (SSSR count). The summed E-state index contributed by atoms with van der Waals surface area (Å²) in [5.41, 5.74) is 6.83. The first-order valence-corrected chi connectivity index (χ1v) is 8.98. The van der Waals surface area contributed by atoms with Crippen molar-refractivity contribution >= 4 is 27.0 Å². The van der Waals surface area contributed by atoms with Gasteiger partial charge in [-0.3, -0.25) is 0 Å². The minimum Gasteiger partial charge on any atom is -0.399 e. The van der Waals surface area contributed by atoms with Crippen molar-refractivity contribution in [3.8, 4) is 0 Å². The summed E-state index contributed by atoms with van der Waals surface area (Å²) in [5.74, 6) is 0. The van der Waals surface area contributed by atoms with Gasteiger partial charge < -0.3 is 5.73 Å². The van der Waals surface area contributed by atoms with Gasteiger partial charge in [0.2, 0.25) is 10.0 Å². The molecule has 21 heavy (non-hydrogen) atoms. The lowest BCUT2D eigenvalue weighted by atomic mass is 9.92. The molecule has 1 aromatic heterocycles. The van der Waals surface area contributed by atoms with E-state index in [2.05, 4.69) is 4.72 Å². The molecule has 3 N–H and O–H groups in total. The van der Waals surface area contributed by atoms with Crippen molar-refractivity contribution in [2.75, 3.05) is 12.3 Å². The zero-order valence-electron chi connectivity index (χ0n) is 12.4. The highest BCUT2D eigenvalue weighted by Crippen LogP contribution is 2.27. The molecule has 0 saturated heterocycles. The van der Waals surface area contributed by atoms with Crippen LogP contribution in [0, 0.1) is 6.92 Å². The molecule has 1 heterocycles. The zero-order chi connectivity index (χ0) is 15.7. The lowest BCUT2D eigenvalue weighted by molar-refractivity contribution is 0.509. The molecule has 0 radical (unpaired) electrons. The molecule has 4 nitrogen and oxygen atoms in total. The number of rotatable bonds is 5. The Morgan fingerprint density at radius 3 is 2.57 bits per heavy atom. The van der Waals surface area contributed by atoms with Gasteiger partial charge in [-0.1, -0.05) is 19.9 Å². The molecule has 0 spiro atoms. The van der Waals surface area contributed by atoms with Crippen LogP contribution < -0.4 is 10.5 Å². The first-order chi connectivity index (χ1) is 9.72. The summed E-state index contributed by atoms with van der Waals surface area (Å²) in [7, 11) is -3.52. The van der Waals surface area contributed by atoms with Crippen molar-refractivity contribution in [2.24, 2.45) is 0 Å². The molecule has 0 amide bonds. The van der Waals surface area contributed by atoms with Gasteiger partial charge in [0.15, 0.2) is 0 Å². The summed E-state index contributed by atoms with van der Waals surface area (Å²) >= 11 is 1.63. The molecular weight excluding hydrogens is 304 g/mol. The van der Waals surface area contributed by atoms with E-state index in [0.717, 1.165) is 10.4 Å². The maximum atomic E-state index is 12.4. The number of hydrogen-bond donors (Lipinski definition) is 2. The Balaban J connectivity index is 2.16. The third-order valence-corrected chi connectivity index (χ3v) is 6.08. The summed E-state index contributed by atoms with van der Waals surface area (Å²) in [4.78, 5) is 1.40. The van der Waals surface area contributed by atoms with Crippen LogP contribution in [0.3, 0.4) is 0 Å². The number of nitrogen functional groups attached to an aromatic ring is 1. The number of anilines is 1. The molecule has 0 fully saturated rings. The normalized spacial score (nSPS) is 12.5. The minimum absolute atomic E-state index is 0.246. The second-order valence-corrected chi connectivity index (χ2v) is 8.42. The average molecular weight is 324 g/mol.